The first-order valence-corrected chi connectivity index (χ1v) is 8.16. The van der Waals surface area contributed by atoms with Crippen molar-refractivity contribution in [3.05, 3.63) is 33.8 Å². The normalized spacial score (nSPS) is 16.5. The molecule has 0 saturated carbocycles. The van der Waals surface area contributed by atoms with Crippen LogP contribution in [0.25, 0.3) is 0 Å². The van der Waals surface area contributed by atoms with Gasteiger partial charge in [0.2, 0.25) is 5.91 Å². The van der Waals surface area contributed by atoms with Gasteiger partial charge in [-0.05, 0) is 17.7 Å². The molecule has 122 valence electrons. The Balaban J connectivity index is 1.89. The summed E-state index contributed by atoms with van der Waals surface area (Å²) in [7, 11) is 0. The lowest BCUT2D eigenvalue weighted by atomic mass is 9.84. The zero-order valence-electron chi connectivity index (χ0n) is 13.0. The van der Waals surface area contributed by atoms with Gasteiger partial charge in [-0.15, -0.1) is 0 Å². The third kappa shape index (κ3) is 4.85. The molecule has 4 nitrogen and oxygen atoms in total. The van der Waals surface area contributed by atoms with E-state index in [1.165, 1.54) is 0 Å². The number of nitrogens with one attached hydrogen (secondary N) is 1. The smallest absolute Gasteiger partial charge is 0.234 e. The number of benzene rings is 1. The second-order valence-electron chi connectivity index (χ2n) is 6.17. The highest BCUT2D eigenvalue weighted by molar-refractivity contribution is 6.35. The van der Waals surface area contributed by atoms with Crippen LogP contribution in [0.2, 0.25) is 10.0 Å². The van der Waals surface area contributed by atoms with Gasteiger partial charge in [-0.2, -0.15) is 0 Å². The van der Waals surface area contributed by atoms with Crippen molar-refractivity contribution in [2.75, 3.05) is 39.4 Å². The minimum Gasteiger partial charge on any atom is -0.379 e. The van der Waals surface area contributed by atoms with Crippen molar-refractivity contribution in [2.45, 2.75) is 19.3 Å². The minimum atomic E-state index is -0.262. The predicted octanol–water partition coefficient (Wildman–Crippen LogP) is 2.72. The van der Waals surface area contributed by atoms with Gasteiger partial charge in [0.25, 0.3) is 0 Å². The summed E-state index contributed by atoms with van der Waals surface area (Å²) in [6, 6.07) is 5.47. The van der Waals surface area contributed by atoms with E-state index in [-0.39, 0.29) is 11.3 Å². The van der Waals surface area contributed by atoms with E-state index in [4.69, 9.17) is 27.9 Å². The number of carbonyl (C=O) groups is 1. The zero-order chi connectivity index (χ0) is 16.2. The molecule has 1 heterocycles. The van der Waals surface area contributed by atoms with Gasteiger partial charge in [-0.3, -0.25) is 9.69 Å². The monoisotopic (exact) mass is 344 g/mol. The molecule has 0 unspecified atom stereocenters. The van der Waals surface area contributed by atoms with E-state index >= 15 is 0 Å². The fourth-order valence-electron chi connectivity index (χ4n) is 2.47. The maximum atomic E-state index is 12.1. The Bertz CT molecular complexity index is 529. The third-order valence-corrected chi connectivity index (χ3v) is 4.41. The van der Waals surface area contributed by atoms with Crippen LogP contribution < -0.4 is 5.32 Å². The molecular formula is C16H22Cl2N2O2. The molecule has 1 aromatic rings. The van der Waals surface area contributed by atoms with E-state index in [0.717, 1.165) is 18.7 Å². The molecule has 0 radical (unpaired) electrons. The van der Waals surface area contributed by atoms with Crippen molar-refractivity contribution in [3.8, 4) is 0 Å². The summed E-state index contributed by atoms with van der Waals surface area (Å²) in [5, 5.41) is 4.23. The van der Waals surface area contributed by atoms with Crippen LogP contribution in [0.5, 0.6) is 0 Å². The van der Waals surface area contributed by atoms with Crippen LogP contribution in [0, 0.1) is 0 Å². The Morgan fingerprint density at radius 3 is 2.64 bits per heavy atom. The number of rotatable bonds is 5. The van der Waals surface area contributed by atoms with Crippen molar-refractivity contribution in [1.82, 2.24) is 10.2 Å². The van der Waals surface area contributed by atoms with Crippen molar-refractivity contribution in [1.29, 1.82) is 0 Å². The third-order valence-electron chi connectivity index (χ3n) is 3.86. The summed E-state index contributed by atoms with van der Waals surface area (Å²) >= 11 is 12.2. The topological polar surface area (TPSA) is 41.6 Å². The fraction of sp³-hybridized carbons (Fsp3) is 0.562. The van der Waals surface area contributed by atoms with Crippen LogP contribution in [0.3, 0.4) is 0 Å². The van der Waals surface area contributed by atoms with Gasteiger partial charge < -0.3 is 10.1 Å². The number of hydrogen-bond donors (Lipinski definition) is 1. The molecule has 1 aromatic carbocycles. The Hall–Kier alpha value is -0.810. The van der Waals surface area contributed by atoms with Crippen molar-refractivity contribution in [3.63, 3.8) is 0 Å². The largest absolute Gasteiger partial charge is 0.379 e. The highest BCUT2D eigenvalue weighted by Gasteiger charge is 2.24. The molecule has 1 saturated heterocycles. The molecule has 0 aliphatic carbocycles. The van der Waals surface area contributed by atoms with E-state index < -0.39 is 0 Å². The van der Waals surface area contributed by atoms with E-state index in [1.54, 1.807) is 6.07 Å². The van der Waals surface area contributed by atoms with Crippen LogP contribution in [0.4, 0.5) is 0 Å². The molecule has 1 amide bonds. The molecule has 1 N–H and O–H groups in total. The summed E-state index contributed by atoms with van der Waals surface area (Å²) < 4.78 is 5.28. The molecule has 0 atom stereocenters. The Labute approximate surface area is 141 Å². The summed E-state index contributed by atoms with van der Waals surface area (Å²) in [6.45, 7) is 8.04. The van der Waals surface area contributed by atoms with E-state index in [1.807, 2.05) is 12.1 Å². The molecule has 0 spiro atoms. The molecule has 1 aliphatic rings. The van der Waals surface area contributed by atoms with Crippen molar-refractivity contribution >= 4 is 29.1 Å². The maximum absolute atomic E-state index is 12.1. The van der Waals surface area contributed by atoms with Crippen molar-refractivity contribution in [2.24, 2.45) is 0 Å². The van der Waals surface area contributed by atoms with Gasteiger partial charge in [-0.25, -0.2) is 0 Å². The average molecular weight is 345 g/mol. The maximum Gasteiger partial charge on any atom is 0.234 e. The lowest BCUT2D eigenvalue weighted by Gasteiger charge is -2.29. The van der Waals surface area contributed by atoms with Gasteiger partial charge in [0.1, 0.15) is 0 Å². The van der Waals surface area contributed by atoms with Crippen LogP contribution in [0.15, 0.2) is 18.2 Å². The highest BCUT2D eigenvalue weighted by Crippen LogP contribution is 2.31. The number of morpholine rings is 1. The number of carbonyl (C=O) groups excluding carboxylic acids is 1. The zero-order valence-corrected chi connectivity index (χ0v) is 14.5. The molecule has 22 heavy (non-hydrogen) atoms. The van der Waals surface area contributed by atoms with Crippen LogP contribution >= 0.6 is 23.2 Å². The number of ether oxygens (including phenoxy) is 1. The summed E-state index contributed by atoms with van der Waals surface area (Å²) in [5.41, 5.74) is 0.716. The van der Waals surface area contributed by atoms with Gasteiger partial charge in [-0.1, -0.05) is 43.1 Å². The predicted molar refractivity (Wildman–Crippen MR) is 89.8 cm³/mol. The highest BCUT2D eigenvalue weighted by atomic mass is 35.5. The Kier molecular flexibility index (Phi) is 6.09. The lowest BCUT2D eigenvalue weighted by molar-refractivity contribution is -0.123. The SMILES string of the molecule is CC(C)(CNC(=O)CN1CCOCC1)c1ccc(Cl)cc1Cl. The summed E-state index contributed by atoms with van der Waals surface area (Å²) in [6.07, 6.45) is 0. The summed E-state index contributed by atoms with van der Waals surface area (Å²) in [5.74, 6) is 0.0278. The molecule has 1 aliphatic heterocycles. The summed E-state index contributed by atoms with van der Waals surface area (Å²) in [4.78, 5) is 14.2. The van der Waals surface area contributed by atoms with Gasteiger partial charge in [0, 0.05) is 35.1 Å². The number of amides is 1. The standard InChI is InChI=1S/C16H22Cl2N2O2/c1-16(2,13-4-3-12(17)9-14(13)18)11-19-15(21)10-20-5-7-22-8-6-20/h3-4,9H,5-8,10-11H2,1-2H3,(H,19,21). The second-order valence-corrected chi connectivity index (χ2v) is 7.02. The average Bonchev–Trinajstić information content (AvgIpc) is 2.46. The molecule has 1 fully saturated rings. The van der Waals surface area contributed by atoms with Gasteiger partial charge in [0.15, 0.2) is 0 Å². The quantitative estimate of drug-likeness (QED) is 0.892. The molecule has 2 rings (SSSR count). The molecule has 0 bridgehead atoms. The number of nitrogens with zero attached hydrogens (tertiary/aromatic N) is 1. The molecule has 6 heteroatoms. The number of hydrogen-bond acceptors (Lipinski definition) is 3. The Morgan fingerprint density at radius 2 is 2.00 bits per heavy atom. The molecular weight excluding hydrogens is 323 g/mol. The lowest BCUT2D eigenvalue weighted by Crippen LogP contribution is -2.45. The first kappa shape index (κ1) is 17.5. The second kappa shape index (κ2) is 7.64. The number of halogens is 2. The van der Waals surface area contributed by atoms with E-state index in [9.17, 15) is 4.79 Å². The van der Waals surface area contributed by atoms with Crippen LogP contribution in [-0.4, -0.2) is 50.2 Å². The fourth-order valence-corrected chi connectivity index (χ4v) is 3.14. The van der Waals surface area contributed by atoms with Gasteiger partial charge in [0.05, 0.1) is 19.8 Å². The van der Waals surface area contributed by atoms with E-state index in [2.05, 4.69) is 24.1 Å². The first-order chi connectivity index (χ1) is 10.4. The van der Waals surface area contributed by atoms with Crippen LogP contribution in [-0.2, 0) is 14.9 Å². The van der Waals surface area contributed by atoms with Crippen LogP contribution in [0.1, 0.15) is 19.4 Å². The first-order valence-electron chi connectivity index (χ1n) is 7.41. The minimum absolute atomic E-state index is 0.0278. The van der Waals surface area contributed by atoms with Gasteiger partial charge >= 0.3 is 0 Å². The molecule has 0 aromatic heterocycles. The van der Waals surface area contributed by atoms with Crippen molar-refractivity contribution < 1.29 is 9.53 Å². The Morgan fingerprint density at radius 1 is 1.32 bits per heavy atom. The van der Waals surface area contributed by atoms with E-state index in [0.29, 0.717) is 36.3 Å².